The average molecular weight is 472 g/mol. The van der Waals surface area contributed by atoms with E-state index in [0.29, 0.717) is 17.7 Å². The highest BCUT2D eigenvalue weighted by atomic mass is 32.2. The van der Waals surface area contributed by atoms with Gasteiger partial charge >= 0.3 is 0 Å². The molecular formula is C22H23F2N7OS. The van der Waals surface area contributed by atoms with Gasteiger partial charge in [-0.25, -0.2) is 18.7 Å². The molecule has 4 heterocycles. The summed E-state index contributed by atoms with van der Waals surface area (Å²) in [4.78, 5) is 25.4. The number of aromatic nitrogens is 2. The highest BCUT2D eigenvalue weighted by molar-refractivity contribution is 7.89. The Morgan fingerprint density at radius 3 is 2.91 bits per heavy atom. The predicted octanol–water partition coefficient (Wildman–Crippen LogP) is 2.94. The van der Waals surface area contributed by atoms with E-state index in [4.69, 9.17) is 11.0 Å². The number of rotatable bonds is 4. The maximum Gasteiger partial charge on any atom is 0.275 e. The SMILES string of the molecule is Cc1cc(C#N)cnc1C(=O)Nc1ccc(F)c(C2(CF)CS3=NCCCC3(C)C(N)=N2)n1. The van der Waals surface area contributed by atoms with E-state index < -0.39 is 39.4 Å². The van der Waals surface area contributed by atoms with Crippen molar-refractivity contribution in [3.63, 3.8) is 0 Å². The second-order valence-electron chi connectivity index (χ2n) is 8.34. The van der Waals surface area contributed by atoms with Crippen LogP contribution in [0.15, 0.2) is 33.8 Å². The third-order valence-electron chi connectivity index (χ3n) is 6.00. The number of nitrogens with one attached hydrogen (secondary N) is 1. The van der Waals surface area contributed by atoms with Crippen LogP contribution in [0.25, 0.3) is 0 Å². The molecular weight excluding hydrogens is 448 g/mol. The van der Waals surface area contributed by atoms with Crippen molar-refractivity contribution < 1.29 is 13.6 Å². The van der Waals surface area contributed by atoms with E-state index in [9.17, 15) is 13.6 Å². The van der Waals surface area contributed by atoms with Gasteiger partial charge < -0.3 is 11.1 Å². The van der Waals surface area contributed by atoms with Gasteiger partial charge in [0, 0.05) is 18.5 Å². The van der Waals surface area contributed by atoms with Crippen LogP contribution in [-0.4, -0.2) is 45.4 Å². The van der Waals surface area contributed by atoms with Gasteiger partial charge in [-0.2, -0.15) is 5.26 Å². The van der Waals surface area contributed by atoms with E-state index in [2.05, 4.69) is 24.6 Å². The number of nitrogens with two attached hydrogens (primary N) is 1. The molecule has 0 aliphatic carbocycles. The molecule has 33 heavy (non-hydrogen) atoms. The topological polar surface area (TPSA) is 129 Å². The first-order valence-corrected chi connectivity index (χ1v) is 11.7. The number of pyridine rings is 2. The van der Waals surface area contributed by atoms with Crippen LogP contribution in [-0.2, 0) is 16.2 Å². The van der Waals surface area contributed by atoms with Crippen molar-refractivity contribution in [2.24, 2.45) is 15.1 Å². The number of fused-ring (bicyclic) bond motifs is 1. The molecule has 2 aromatic heterocycles. The number of amides is 1. The zero-order chi connectivity index (χ0) is 23.8. The van der Waals surface area contributed by atoms with Gasteiger partial charge in [-0.1, -0.05) is 10.7 Å². The smallest absolute Gasteiger partial charge is 0.275 e. The lowest BCUT2D eigenvalue weighted by molar-refractivity contribution is 0.102. The zero-order valence-electron chi connectivity index (χ0n) is 18.2. The van der Waals surface area contributed by atoms with Crippen molar-refractivity contribution in [1.82, 2.24) is 9.97 Å². The molecule has 2 aliphatic heterocycles. The molecule has 0 bridgehead atoms. The molecule has 0 fully saturated rings. The number of anilines is 1. The Morgan fingerprint density at radius 1 is 1.42 bits per heavy atom. The first kappa shape index (κ1) is 22.9. The molecule has 0 aromatic carbocycles. The largest absolute Gasteiger partial charge is 0.386 e. The Labute approximate surface area is 192 Å². The van der Waals surface area contributed by atoms with Crippen molar-refractivity contribution >= 4 is 28.3 Å². The minimum absolute atomic E-state index is 0.0285. The predicted molar refractivity (Wildman–Crippen MR) is 122 cm³/mol. The Hall–Kier alpha value is -3.26. The van der Waals surface area contributed by atoms with Crippen molar-refractivity contribution in [2.45, 2.75) is 37.0 Å². The van der Waals surface area contributed by atoms with E-state index >= 15 is 0 Å². The molecule has 2 aromatic rings. The summed E-state index contributed by atoms with van der Waals surface area (Å²) >= 11 is 0. The average Bonchev–Trinajstić information content (AvgIpc) is 2.80. The lowest BCUT2D eigenvalue weighted by atomic mass is 9.95. The maximum atomic E-state index is 14.9. The molecule has 11 heteroatoms. The molecule has 3 N–H and O–H groups in total. The number of carbonyl (C=O) groups excluding carboxylic acids is 1. The number of aliphatic imine (C=N–C) groups is 1. The van der Waals surface area contributed by atoms with E-state index in [1.807, 2.05) is 13.0 Å². The molecule has 3 atom stereocenters. The fraction of sp³-hybridized carbons (Fsp3) is 0.409. The second-order valence-corrected chi connectivity index (χ2v) is 10.5. The van der Waals surface area contributed by atoms with E-state index in [1.54, 1.807) is 6.92 Å². The van der Waals surface area contributed by atoms with Crippen LogP contribution < -0.4 is 11.1 Å². The molecule has 0 saturated heterocycles. The summed E-state index contributed by atoms with van der Waals surface area (Å²) in [7, 11) is -0.631. The van der Waals surface area contributed by atoms with Crippen LogP contribution in [0.2, 0.25) is 0 Å². The quantitative estimate of drug-likeness (QED) is 0.708. The normalized spacial score (nSPS) is 26.4. The van der Waals surface area contributed by atoms with Crippen LogP contribution in [0.5, 0.6) is 0 Å². The number of aryl methyl sites for hydroxylation is 1. The number of halogens is 2. The van der Waals surface area contributed by atoms with E-state index in [-0.39, 0.29) is 28.8 Å². The fourth-order valence-electron chi connectivity index (χ4n) is 4.05. The van der Waals surface area contributed by atoms with Gasteiger partial charge in [0.25, 0.3) is 5.91 Å². The molecule has 0 radical (unpaired) electrons. The summed E-state index contributed by atoms with van der Waals surface area (Å²) in [6.45, 7) is 3.26. The van der Waals surface area contributed by atoms with Gasteiger partial charge in [0.1, 0.15) is 47.1 Å². The Kier molecular flexibility index (Phi) is 5.97. The van der Waals surface area contributed by atoms with Crippen molar-refractivity contribution in [1.29, 1.82) is 5.26 Å². The zero-order valence-corrected chi connectivity index (χ0v) is 19.0. The Balaban J connectivity index is 1.70. The first-order valence-electron chi connectivity index (χ1n) is 10.4. The first-order chi connectivity index (χ1) is 15.7. The molecule has 8 nitrogen and oxygen atoms in total. The summed E-state index contributed by atoms with van der Waals surface area (Å²) in [5, 5.41) is 11.5. The fourth-order valence-corrected chi connectivity index (χ4v) is 6.49. The molecule has 2 aliphatic rings. The molecule has 1 amide bonds. The van der Waals surface area contributed by atoms with Crippen LogP contribution in [0.3, 0.4) is 0 Å². The van der Waals surface area contributed by atoms with Crippen LogP contribution in [0.1, 0.15) is 47.1 Å². The highest BCUT2D eigenvalue weighted by Gasteiger charge is 2.49. The summed E-state index contributed by atoms with van der Waals surface area (Å²) in [5.74, 6) is -0.871. The van der Waals surface area contributed by atoms with Gasteiger partial charge in [-0.3, -0.25) is 14.1 Å². The Bertz CT molecular complexity index is 1240. The van der Waals surface area contributed by atoms with Crippen LogP contribution >= 0.6 is 0 Å². The highest BCUT2D eigenvalue weighted by Crippen LogP contribution is 2.40. The number of amidine groups is 1. The molecule has 4 rings (SSSR count). The van der Waals surface area contributed by atoms with Crippen molar-refractivity contribution in [2.75, 3.05) is 24.3 Å². The third-order valence-corrected chi connectivity index (χ3v) is 8.70. The standard InChI is InChI=1S/C22H23F2N7OS/c1-13-8-14(9-25)10-27-17(13)19(32)30-16-5-4-15(24)18(29-16)22(11-23)12-33-21(2,20(26)31-22)6-3-7-28-33/h4-5,8,10H,3,6-7,11-12H2,1-2H3,(H2,26,31)(H,29,30,32). The van der Waals surface area contributed by atoms with Crippen molar-refractivity contribution in [3.8, 4) is 6.07 Å². The van der Waals surface area contributed by atoms with Crippen LogP contribution in [0.4, 0.5) is 14.6 Å². The lowest BCUT2D eigenvalue weighted by Crippen LogP contribution is -2.56. The Morgan fingerprint density at radius 2 is 2.21 bits per heavy atom. The lowest BCUT2D eigenvalue weighted by Gasteiger charge is -2.43. The second kappa shape index (κ2) is 8.59. The number of alkyl halides is 1. The minimum atomic E-state index is -1.61. The van der Waals surface area contributed by atoms with Crippen molar-refractivity contribution in [3.05, 3.63) is 52.7 Å². The summed E-state index contributed by atoms with van der Waals surface area (Å²) in [6, 6.07) is 5.90. The number of carbonyl (C=O) groups is 1. The number of hydrogen-bond donors (Lipinski definition) is 2. The summed E-state index contributed by atoms with van der Waals surface area (Å²) in [5.41, 5.74) is 5.37. The number of nitriles is 1. The summed E-state index contributed by atoms with van der Waals surface area (Å²) < 4.78 is 33.6. The van der Waals surface area contributed by atoms with Gasteiger partial charge in [0.2, 0.25) is 0 Å². The minimum Gasteiger partial charge on any atom is -0.386 e. The van der Waals surface area contributed by atoms with Gasteiger partial charge in [0.05, 0.1) is 10.3 Å². The van der Waals surface area contributed by atoms with Gasteiger partial charge in [-0.15, -0.1) is 0 Å². The number of hydrogen-bond acceptors (Lipinski definition) is 7. The van der Waals surface area contributed by atoms with E-state index in [1.165, 1.54) is 18.3 Å². The monoisotopic (exact) mass is 471 g/mol. The van der Waals surface area contributed by atoms with Gasteiger partial charge in [-0.05, 0) is 50.5 Å². The maximum absolute atomic E-state index is 14.9. The third kappa shape index (κ3) is 3.99. The number of nitrogens with zero attached hydrogens (tertiary/aromatic N) is 5. The molecule has 0 saturated carbocycles. The van der Waals surface area contributed by atoms with Crippen LogP contribution in [0, 0.1) is 24.1 Å². The molecule has 3 unspecified atom stereocenters. The van der Waals surface area contributed by atoms with E-state index in [0.717, 1.165) is 18.9 Å². The van der Waals surface area contributed by atoms with Gasteiger partial charge in [0.15, 0.2) is 0 Å². The molecule has 172 valence electrons. The molecule has 0 spiro atoms. The summed E-state index contributed by atoms with van der Waals surface area (Å²) in [6.07, 6.45) is 2.95.